The number of aromatic nitrogens is 1. The van der Waals surface area contributed by atoms with Crippen molar-refractivity contribution in [2.24, 2.45) is 0 Å². The summed E-state index contributed by atoms with van der Waals surface area (Å²) in [6.45, 7) is 1.95. The number of benzene rings is 2. The molecule has 0 unspecified atom stereocenters. The molecule has 3 aromatic rings. The summed E-state index contributed by atoms with van der Waals surface area (Å²) in [5, 5.41) is 15.6. The monoisotopic (exact) mass is 449 g/mol. The van der Waals surface area contributed by atoms with E-state index in [0.29, 0.717) is 17.6 Å². The zero-order valence-corrected chi connectivity index (χ0v) is 18.2. The molecule has 0 saturated heterocycles. The topological polar surface area (TPSA) is 77.2 Å². The molecule has 0 spiro atoms. The summed E-state index contributed by atoms with van der Waals surface area (Å²) >= 11 is 1.12. The van der Waals surface area contributed by atoms with Crippen LogP contribution in [0, 0.1) is 0 Å². The zero-order chi connectivity index (χ0) is 22.1. The molecule has 8 heteroatoms. The quantitative estimate of drug-likeness (QED) is 0.230. The van der Waals surface area contributed by atoms with Crippen LogP contribution in [0.3, 0.4) is 0 Å². The molecular formula is C23H29F2N3O2S. The third-order valence-electron chi connectivity index (χ3n) is 5.14. The summed E-state index contributed by atoms with van der Waals surface area (Å²) < 4.78 is 28.7. The first-order valence-electron chi connectivity index (χ1n) is 10.7. The smallest absolute Gasteiger partial charge is 0.306 e. The number of hydrogen-bond donors (Lipinski definition) is 4. The van der Waals surface area contributed by atoms with Crippen molar-refractivity contribution >= 4 is 21.6 Å². The summed E-state index contributed by atoms with van der Waals surface area (Å²) in [5.74, 6) is 0.0948. The molecule has 2 aromatic carbocycles. The molecule has 4 N–H and O–H groups in total. The third-order valence-corrected chi connectivity index (χ3v) is 6.10. The van der Waals surface area contributed by atoms with Crippen LogP contribution in [-0.4, -0.2) is 35.8 Å². The van der Waals surface area contributed by atoms with Crippen molar-refractivity contribution in [1.29, 1.82) is 0 Å². The van der Waals surface area contributed by atoms with Gasteiger partial charge in [-0.2, -0.15) is 8.78 Å². The van der Waals surface area contributed by atoms with E-state index in [4.69, 9.17) is 0 Å². The lowest BCUT2D eigenvalue weighted by atomic mass is 10.1. The van der Waals surface area contributed by atoms with Gasteiger partial charge in [0.1, 0.15) is 11.3 Å². The number of alkyl halides is 2. The standard InChI is InChI=1S/C23H29F2N3O2S/c24-23(25,16-17-8-4-3-5-9-17)27-14-7-2-1-6-13-26-15-12-18-10-11-19(29)20-21(18)31-22(30)28-20/h3-5,8-11,26-27,29H,1-2,6-7,12-16H2,(H,28,30). The van der Waals surface area contributed by atoms with Crippen LogP contribution in [-0.2, 0) is 12.8 Å². The van der Waals surface area contributed by atoms with E-state index in [9.17, 15) is 18.7 Å². The second-order valence-corrected chi connectivity index (χ2v) is 8.65. The van der Waals surface area contributed by atoms with Crippen LogP contribution in [0.25, 0.3) is 10.2 Å². The Morgan fingerprint density at radius 2 is 1.71 bits per heavy atom. The first-order valence-corrected chi connectivity index (χ1v) is 11.5. The lowest BCUT2D eigenvalue weighted by Gasteiger charge is -2.18. The van der Waals surface area contributed by atoms with Gasteiger partial charge in [-0.15, -0.1) is 0 Å². The summed E-state index contributed by atoms with van der Waals surface area (Å²) in [6, 6.07) is 9.38. The second-order valence-electron chi connectivity index (χ2n) is 7.67. The summed E-state index contributed by atoms with van der Waals surface area (Å²) in [4.78, 5) is 14.0. The number of thiazole rings is 1. The van der Waals surface area contributed by atoms with Crippen molar-refractivity contribution in [2.75, 3.05) is 19.6 Å². The van der Waals surface area contributed by atoms with E-state index < -0.39 is 6.05 Å². The Balaban J connectivity index is 1.24. The van der Waals surface area contributed by atoms with Crippen molar-refractivity contribution in [2.45, 2.75) is 44.6 Å². The van der Waals surface area contributed by atoms with Crippen molar-refractivity contribution in [3.63, 3.8) is 0 Å². The van der Waals surface area contributed by atoms with E-state index in [-0.39, 0.29) is 17.0 Å². The van der Waals surface area contributed by atoms with Crippen LogP contribution < -0.4 is 15.5 Å². The highest BCUT2D eigenvalue weighted by molar-refractivity contribution is 7.16. The number of phenols is 1. The van der Waals surface area contributed by atoms with Crippen LogP contribution in [0.2, 0.25) is 0 Å². The number of unbranched alkanes of at least 4 members (excludes halogenated alkanes) is 3. The Bertz CT molecular complexity index is 1000. The van der Waals surface area contributed by atoms with E-state index in [1.807, 2.05) is 12.1 Å². The van der Waals surface area contributed by atoms with Gasteiger partial charge in [0.15, 0.2) is 0 Å². The number of hydrogen-bond acceptors (Lipinski definition) is 5. The Kier molecular flexibility index (Phi) is 8.57. The molecule has 1 heterocycles. The van der Waals surface area contributed by atoms with Crippen molar-refractivity contribution < 1.29 is 13.9 Å². The third kappa shape index (κ3) is 7.41. The van der Waals surface area contributed by atoms with E-state index in [1.54, 1.807) is 30.3 Å². The van der Waals surface area contributed by atoms with Crippen LogP contribution >= 0.6 is 11.3 Å². The molecular weight excluding hydrogens is 420 g/mol. The second kappa shape index (κ2) is 11.4. The molecule has 0 fully saturated rings. The fourth-order valence-corrected chi connectivity index (χ4v) is 4.43. The molecule has 31 heavy (non-hydrogen) atoms. The highest BCUT2D eigenvalue weighted by Gasteiger charge is 2.27. The largest absolute Gasteiger partial charge is 0.506 e. The van der Waals surface area contributed by atoms with Crippen LogP contribution in [0.15, 0.2) is 47.3 Å². The highest BCUT2D eigenvalue weighted by atomic mass is 32.1. The molecule has 168 valence electrons. The SMILES string of the molecule is O=c1[nH]c2c(O)ccc(CCNCCCCCCNC(F)(F)Cc3ccccc3)c2s1. The minimum Gasteiger partial charge on any atom is -0.506 e. The van der Waals surface area contributed by atoms with Gasteiger partial charge in [-0.3, -0.25) is 10.1 Å². The Hall–Kier alpha value is -2.29. The Morgan fingerprint density at radius 1 is 0.968 bits per heavy atom. The van der Waals surface area contributed by atoms with Crippen molar-refractivity contribution in [3.05, 3.63) is 63.3 Å². The van der Waals surface area contributed by atoms with E-state index >= 15 is 0 Å². The summed E-state index contributed by atoms with van der Waals surface area (Å²) in [6.07, 6.45) is 4.09. The minimum atomic E-state index is -2.88. The normalized spacial score (nSPS) is 11.9. The fourth-order valence-electron chi connectivity index (χ4n) is 3.53. The number of aromatic hydroxyl groups is 1. The van der Waals surface area contributed by atoms with E-state index in [1.165, 1.54) is 0 Å². The first kappa shape index (κ1) is 23.4. The van der Waals surface area contributed by atoms with Crippen LogP contribution in [0.5, 0.6) is 5.75 Å². The van der Waals surface area contributed by atoms with Gasteiger partial charge < -0.3 is 15.4 Å². The van der Waals surface area contributed by atoms with Gasteiger partial charge in [0.05, 0.1) is 11.1 Å². The molecule has 0 aliphatic heterocycles. The number of rotatable bonds is 13. The van der Waals surface area contributed by atoms with Gasteiger partial charge in [-0.25, -0.2) is 0 Å². The summed E-state index contributed by atoms with van der Waals surface area (Å²) in [5.41, 5.74) is 2.17. The van der Waals surface area contributed by atoms with Gasteiger partial charge in [-0.05, 0) is 49.5 Å². The predicted octanol–water partition coefficient (Wildman–Crippen LogP) is 4.41. The zero-order valence-electron chi connectivity index (χ0n) is 17.4. The number of fused-ring (bicyclic) bond motifs is 1. The number of H-pyrrole nitrogens is 1. The van der Waals surface area contributed by atoms with E-state index in [0.717, 1.165) is 66.8 Å². The molecule has 0 amide bonds. The molecule has 0 aliphatic rings. The van der Waals surface area contributed by atoms with Gasteiger partial charge in [0.2, 0.25) is 0 Å². The molecule has 1 aromatic heterocycles. The number of aromatic amines is 1. The van der Waals surface area contributed by atoms with Crippen LogP contribution in [0.4, 0.5) is 8.78 Å². The number of halogens is 2. The Labute approximate surface area is 184 Å². The van der Waals surface area contributed by atoms with Gasteiger partial charge in [0.25, 0.3) is 0 Å². The van der Waals surface area contributed by atoms with E-state index in [2.05, 4.69) is 15.6 Å². The lowest BCUT2D eigenvalue weighted by Crippen LogP contribution is -2.39. The lowest BCUT2D eigenvalue weighted by molar-refractivity contribution is -0.0339. The fraction of sp³-hybridized carbons (Fsp3) is 0.435. The maximum Gasteiger partial charge on any atom is 0.306 e. The van der Waals surface area contributed by atoms with Gasteiger partial charge >= 0.3 is 10.9 Å². The van der Waals surface area contributed by atoms with Crippen molar-refractivity contribution in [1.82, 2.24) is 15.6 Å². The first-order chi connectivity index (χ1) is 14.9. The van der Waals surface area contributed by atoms with Crippen molar-refractivity contribution in [3.8, 4) is 5.75 Å². The molecule has 0 bridgehead atoms. The highest BCUT2D eigenvalue weighted by Crippen LogP contribution is 2.27. The molecule has 5 nitrogen and oxygen atoms in total. The number of phenolic OH excluding ortho intramolecular Hbond substituents is 1. The predicted molar refractivity (Wildman–Crippen MR) is 122 cm³/mol. The molecule has 0 atom stereocenters. The average Bonchev–Trinajstić information content (AvgIpc) is 3.14. The molecule has 0 saturated carbocycles. The number of nitrogens with one attached hydrogen (secondary N) is 3. The minimum absolute atomic E-state index is 0.0948. The molecule has 0 radical (unpaired) electrons. The van der Waals surface area contributed by atoms with Gasteiger partial charge in [0, 0.05) is 6.54 Å². The average molecular weight is 450 g/mol. The Morgan fingerprint density at radius 3 is 2.48 bits per heavy atom. The van der Waals surface area contributed by atoms with Gasteiger partial charge in [-0.1, -0.05) is 60.6 Å². The molecule has 0 aliphatic carbocycles. The maximum absolute atomic E-state index is 13.9. The maximum atomic E-state index is 13.9. The molecule has 3 rings (SSSR count). The van der Waals surface area contributed by atoms with Crippen LogP contribution in [0.1, 0.15) is 36.8 Å². The summed E-state index contributed by atoms with van der Waals surface area (Å²) in [7, 11) is 0.